The van der Waals surface area contributed by atoms with E-state index < -0.39 is 5.60 Å². The van der Waals surface area contributed by atoms with Crippen LogP contribution in [0.5, 0.6) is 0 Å². The summed E-state index contributed by atoms with van der Waals surface area (Å²) in [6.45, 7) is 7.40. The van der Waals surface area contributed by atoms with Gasteiger partial charge in [-0.25, -0.2) is 0 Å². The molecule has 0 bridgehead atoms. The lowest BCUT2D eigenvalue weighted by Crippen LogP contribution is -2.25. The van der Waals surface area contributed by atoms with E-state index >= 15 is 0 Å². The van der Waals surface area contributed by atoms with E-state index in [0.29, 0.717) is 5.92 Å². The molecule has 0 spiro atoms. The van der Waals surface area contributed by atoms with Crippen LogP contribution in [0.4, 0.5) is 0 Å². The summed E-state index contributed by atoms with van der Waals surface area (Å²) in [6.07, 6.45) is 4.98. The molecule has 1 fully saturated rings. The lowest BCUT2D eigenvalue weighted by Gasteiger charge is -2.20. The third-order valence-corrected chi connectivity index (χ3v) is 2.55. The number of rotatable bonds is 4. The topological polar surface area (TPSA) is 47.9 Å². The number of carbonyl (C=O) groups is 1. The predicted octanol–water partition coefficient (Wildman–Crippen LogP) is 2.22. The molecule has 1 saturated heterocycles. The predicted molar refractivity (Wildman–Crippen MR) is 67.4 cm³/mol. The van der Waals surface area contributed by atoms with Gasteiger partial charge in [0.05, 0.1) is 0 Å². The normalized spacial score (nSPS) is 18.5. The number of nitrogens with zero attached hydrogens (tertiary/aromatic N) is 1. The van der Waals surface area contributed by atoms with Crippen molar-refractivity contribution >= 4 is 12.2 Å². The van der Waals surface area contributed by atoms with Gasteiger partial charge in [-0.1, -0.05) is 0 Å². The second-order valence-corrected chi connectivity index (χ2v) is 5.40. The van der Waals surface area contributed by atoms with Crippen LogP contribution in [0.25, 0.3) is 0 Å². The van der Waals surface area contributed by atoms with Gasteiger partial charge in [0.15, 0.2) is 0 Å². The maximum absolute atomic E-state index is 11.4. The highest BCUT2D eigenvalue weighted by Gasteiger charge is 2.15. The Morgan fingerprint density at radius 3 is 2.65 bits per heavy atom. The number of aliphatic imine (C=N–C) groups is 1. The smallest absolute Gasteiger partial charge is 0.328 e. The molecule has 4 heteroatoms. The lowest BCUT2D eigenvalue weighted by atomic mass is 9.97. The molecule has 1 rings (SSSR count). The molecule has 0 N–H and O–H groups in total. The average Bonchev–Trinajstić information content (AvgIpc) is 2.23. The highest BCUT2D eigenvalue weighted by atomic mass is 16.6. The Bertz CT molecular complexity index is 262. The molecule has 0 radical (unpaired) electrons. The molecule has 4 nitrogen and oxygen atoms in total. The first-order valence-electron chi connectivity index (χ1n) is 6.25. The van der Waals surface area contributed by atoms with Gasteiger partial charge in [0.2, 0.25) is 0 Å². The molecule has 0 saturated carbocycles. The van der Waals surface area contributed by atoms with E-state index in [-0.39, 0.29) is 12.5 Å². The fourth-order valence-corrected chi connectivity index (χ4v) is 1.72. The van der Waals surface area contributed by atoms with Crippen LogP contribution >= 0.6 is 0 Å². The van der Waals surface area contributed by atoms with Gasteiger partial charge >= 0.3 is 5.97 Å². The third-order valence-electron chi connectivity index (χ3n) is 2.55. The number of hydrogen-bond acceptors (Lipinski definition) is 4. The molecule has 1 heterocycles. The van der Waals surface area contributed by atoms with E-state index in [9.17, 15) is 4.79 Å². The standard InChI is InChI=1S/C13H23NO3/c1-13(2,3)17-12(15)10-14-7-4-11-5-8-16-9-6-11/h7,11H,4-6,8-10H2,1-3H3. The first kappa shape index (κ1) is 14.2. The molecule has 17 heavy (non-hydrogen) atoms. The molecular weight excluding hydrogens is 218 g/mol. The van der Waals surface area contributed by atoms with Crippen LogP contribution in [-0.4, -0.2) is 37.5 Å². The first-order chi connectivity index (χ1) is 7.97. The molecule has 1 aliphatic rings. The van der Waals surface area contributed by atoms with Gasteiger partial charge < -0.3 is 9.47 Å². The molecule has 0 amide bonds. The van der Waals surface area contributed by atoms with Crippen LogP contribution in [-0.2, 0) is 14.3 Å². The zero-order valence-corrected chi connectivity index (χ0v) is 11.1. The van der Waals surface area contributed by atoms with E-state index in [2.05, 4.69) is 4.99 Å². The molecule has 0 aliphatic carbocycles. The number of carbonyl (C=O) groups excluding carboxylic acids is 1. The van der Waals surface area contributed by atoms with E-state index in [0.717, 1.165) is 32.5 Å². The largest absolute Gasteiger partial charge is 0.459 e. The first-order valence-corrected chi connectivity index (χ1v) is 6.25. The fourth-order valence-electron chi connectivity index (χ4n) is 1.72. The van der Waals surface area contributed by atoms with Crippen LogP contribution in [0.15, 0.2) is 4.99 Å². The SMILES string of the molecule is CC(C)(C)OC(=O)CN=CCC1CCOCC1. The van der Waals surface area contributed by atoms with Crippen molar-refractivity contribution < 1.29 is 14.3 Å². The Hall–Kier alpha value is -0.900. The van der Waals surface area contributed by atoms with Crippen molar-refractivity contribution in [2.75, 3.05) is 19.8 Å². The Labute approximate surface area is 103 Å². The maximum Gasteiger partial charge on any atom is 0.328 e. The Morgan fingerprint density at radius 2 is 2.06 bits per heavy atom. The van der Waals surface area contributed by atoms with Crippen LogP contribution in [0, 0.1) is 5.92 Å². The van der Waals surface area contributed by atoms with E-state index in [1.165, 1.54) is 0 Å². The zero-order chi connectivity index (χ0) is 12.7. The van der Waals surface area contributed by atoms with Gasteiger partial charge in [-0.3, -0.25) is 9.79 Å². The summed E-state index contributed by atoms with van der Waals surface area (Å²) < 4.78 is 10.4. The minimum absolute atomic E-state index is 0.125. The summed E-state index contributed by atoms with van der Waals surface area (Å²) >= 11 is 0. The number of ether oxygens (including phenoxy) is 2. The van der Waals surface area contributed by atoms with Crippen LogP contribution in [0.2, 0.25) is 0 Å². The molecule has 0 aromatic rings. The van der Waals surface area contributed by atoms with Crippen molar-refractivity contribution in [2.24, 2.45) is 10.9 Å². The average molecular weight is 241 g/mol. The summed E-state index contributed by atoms with van der Waals surface area (Å²) in [5.41, 5.74) is -0.423. The Kier molecular flexibility index (Phi) is 5.62. The van der Waals surface area contributed by atoms with Crippen LogP contribution in [0.3, 0.4) is 0 Å². The van der Waals surface area contributed by atoms with Gasteiger partial charge in [0.1, 0.15) is 12.1 Å². The van der Waals surface area contributed by atoms with E-state index in [1.807, 2.05) is 27.0 Å². The molecule has 0 unspecified atom stereocenters. The fraction of sp³-hybridized carbons (Fsp3) is 0.846. The quantitative estimate of drug-likeness (QED) is 0.560. The van der Waals surface area contributed by atoms with Crippen molar-refractivity contribution in [2.45, 2.75) is 45.6 Å². The third kappa shape index (κ3) is 7.10. The van der Waals surface area contributed by atoms with E-state index in [1.54, 1.807) is 0 Å². The van der Waals surface area contributed by atoms with Gasteiger partial charge in [0.25, 0.3) is 0 Å². The lowest BCUT2D eigenvalue weighted by molar-refractivity contribution is -0.152. The van der Waals surface area contributed by atoms with Gasteiger partial charge in [0, 0.05) is 13.2 Å². The Balaban J connectivity index is 2.14. The van der Waals surface area contributed by atoms with Gasteiger partial charge in [-0.15, -0.1) is 0 Å². The maximum atomic E-state index is 11.4. The zero-order valence-electron chi connectivity index (χ0n) is 11.1. The van der Waals surface area contributed by atoms with Crippen LogP contribution < -0.4 is 0 Å². The monoisotopic (exact) mass is 241 g/mol. The summed E-state index contributed by atoms with van der Waals surface area (Å²) in [7, 11) is 0. The second-order valence-electron chi connectivity index (χ2n) is 5.40. The molecule has 98 valence electrons. The highest BCUT2D eigenvalue weighted by molar-refractivity contribution is 5.74. The van der Waals surface area contributed by atoms with Gasteiger partial charge in [-0.05, 0) is 52.2 Å². The molecule has 0 atom stereocenters. The summed E-state index contributed by atoms with van der Waals surface area (Å²) in [5.74, 6) is 0.395. The van der Waals surface area contributed by atoms with Crippen molar-refractivity contribution in [1.29, 1.82) is 0 Å². The summed E-state index contributed by atoms with van der Waals surface area (Å²) in [5, 5.41) is 0. The highest BCUT2D eigenvalue weighted by Crippen LogP contribution is 2.16. The van der Waals surface area contributed by atoms with Crippen LogP contribution in [0.1, 0.15) is 40.0 Å². The minimum Gasteiger partial charge on any atom is -0.459 e. The van der Waals surface area contributed by atoms with Gasteiger partial charge in [-0.2, -0.15) is 0 Å². The summed E-state index contributed by atoms with van der Waals surface area (Å²) in [4.78, 5) is 15.5. The minimum atomic E-state index is -0.423. The Morgan fingerprint density at radius 1 is 1.41 bits per heavy atom. The molecule has 1 aliphatic heterocycles. The van der Waals surface area contributed by atoms with Crippen molar-refractivity contribution in [3.8, 4) is 0 Å². The molecular formula is C13H23NO3. The van der Waals surface area contributed by atoms with Crippen molar-refractivity contribution in [3.05, 3.63) is 0 Å². The molecule has 0 aromatic heterocycles. The second kappa shape index (κ2) is 6.74. The summed E-state index contributed by atoms with van der Waals surface area (Å²) in [6, 6.07) is 0. The van der Waals surface area contributed by atoms with Crippen molar-refractivity contribution in [3.63, 3.8) is 0 Å². The molecule has 0 aromatic carbocycles. The van der Waals surface area contributed by atoms with Crippen molar-refractivity contribution in [1.82, 2.24) is 0 Å². The number of hydrogen-bond donors (Lipinski definition) is 0. The number of esters is 1. The van der Waals surface area contributed by atoms with E-state index in [4.69, 9.17) is 9.47 Å².